The van der Waals surface area contributed by atoms with Crippen LogP contribution in [0.1, 0.15) is 51.0 Å². The molecule has 0 saturated heterocycles. The first-order valence-corrected chi connectivity index (χ1v) is 8.92. The summed E-state index contributed by atoms with van der Waals surface area (Å²) in [5.41, 5.74) is 1.19. The minimum Gasteiger partial charge on any atom is -0.126 e. The van der Waals surface area contributed by atoms with Gasteiger partial charge in [0.05, 0.1) is 0 Å². The predicted molar refractivity (Wildman–Crippen MR) is 90.6 cm³/mol. The zero-order chi connectivity index (χ0) is 14.1. The van der Waals surface area contributed by atoms with E-state index in [0.717, 1.165) is 10.9 Å². The van der Waals surface area contributed by atoms with Gasteiger partial charge in [-0.3, -0.25) is 0 Å². The van der Waals surface area contributed by atoms with Crippen LogP contribution < -0.4 is 0 Å². The van der Waals surface area contributed by atoms with Gasteiger partial charge in [0.2, 0.25) is 0 Å². The highest BCUT2D eigenvalue weighted by Gasteiger charge is 2.29. The van der Waals surface area contributed by atoms with Crippen LogP contribution in [0.4, 0.5) is 0 Å². The van der Waals surface area contributed by atoms with Gasteiger partial charge >= 0.3 is 0 Å². The van der Waals surface area contributed by atoms with Crippen LogP contribution in [0, 0.1) is 0 Å². The van der Waals surface area contributed by atoms with Crippen molar-refractivity contribution in [1.29, 1.82) is 0 Å². The lowest BCUT2D eigenvalue weighted by molar-refractivity contribution is 0.453. The third-order valence-corrected chi connectivity index (χ3v) is 5.28. The van der Waals surface area contributed by atoms with Gasteiger partial charge in [-0.05, 0) is 24.1 Å². The van der Waals surface area contributed by atoms with Gasteiger partial charge in [-0.25, -0.2) is 0 Å². The Morgan fingerprint density at radius 3 is 2.05 bits per heavy atom. The Balaban J connectivity index is 2.65. The predicted octanol–water partition coefficient (Wildman–Crippen LogP) is 6.53. The summed E-state index contributed by atoms with van der Waals surface area (Å²) in [6, 6.07) is 8.42. The van der Waals surface area contributed by atoms with E-state index in [-0.39, 0.29) is 5.41 Å². The van der Waals surface area contributed by atoms with Crippen LogP contribution in [-0.2, 0) is 5.41 Å². The van der Waals surface area contributed by atoms with Gasteiger partial charge in [0, 0.05) is 21.6 Å². The van der Waals surface area contributed by atoms with Crippen molar-refractivity contribution in [2.75, 3.05) is 11.8 Å². The minimum absolute atomic E-state index is 0.0734. The Bertz CT molecular complexity index is 344. The van der Waals surface area contributed by atoms with E-state index in [2.05, 4.69) is 47.1 Å². The maximum absolute atomic E-state index is 6.24. The summed E-state index contributed by atoms with van der Waals surface area (Å²) in [5.74, 6) is 1.18. The SMILES string of the molecule is CCCCCCCC(CCl)(CCl)c1ccc(Br)cc1. The first-order chi connectivity index (χ1) is 9.18. The van der Waals surface area contributed by atoms with Crippen molar-refractivity contribution >= 4 is 39.1 Å². The van der Waals surface area contributed by atoms with Crippen molar-refractivity contribution in [3.63, 3.8) is 0 Å². The molecule has 0 amide bonds. The highest BCUT2D eigenvalue weighted by molar-refractivity contribution is 9.10. The fraction of sp³-hybridized carbons (Fsp3) is 0.625. The largest absolute Gasteiger partial charge is 0.126 e. The second kappa shape index (κ2) is 9.26. The summed E-state index contributed by atoms with van der Waals surface area (Å²) in [4.78, 5) is 0. The number of unbranched alkanes of at least 4 members (excludes halogenated alkanes) is 4. The highest BCUT2D eigenvalue weighted by atomic mass is 79.9. The number of benzene rings is 1. The van der Waals surface area contributed by atoms with E-state index in [1.54, 1.807) is 0 Å². The molecule has 0 N–H and O–H groups in total. The van der Waals surface area contributed by atoms with E-state index in [1.807, 2.05) is 0 Å². The van der Waals surface area contributed by atoms with E-state index < -0.39 is 0 Å². The average molecular weight is 366 g/mol. The van der Waals surface area contributed by atoms with Crippen molar-refractivity contribution in [3.8, 4) is 0 Å². The average Bonchev–Trinajstić information content (AvgIpc) is 2.45. The fourth-order valence-corrected chi connectivity index (χ4v) is 3.46. The van der Waals surface area contributed by atoms with E-state index in [4.69, 9.17) is 23.2 Å². The molecule has 1 aromatic carbocycles. The van der Waals surface area contributed by atoms with Crippen LogP contribution in [0.3, 0.4) is 0 Å². The number of rotatable bonds is 9. The van der Waals surface area contributed by atoms with Gasteiger partial charge in [-0.15, -0.1) is 23.2 Å². The molecular formula is C16H23BrCl2. The standard InChI is InChI=1S/C16H23BrCl2/c1-2-3-4-5-6-11-16(12-18,13-19)14-7-9-15(17)10-8-14/h7-10H,2-6,11-13H2,1H3. The maximum atomic E-state index is 6.24. The molecule has 3 heteroatoms. The Morgan fingerprint density at radius 1 is 0.947 bits per heavy atom. The molecule has 0 spiro atoms. The smallest absolute Gasteiger partial charge is 0.0332 e. The van der Waals surface area contributed by atoms with E-state index in [1.165, 1.54) is 37.7 Å². The summed E-state index contributed by atoms with van der Waals surface area (Å²) >= 11 is 16.0. The maximum Gasteiger partial charge on any atom is 0.0332 e. The Morgan fingerprint density at radius 2 is 1.53 bits per heavy atom. The summed E-state index contributed by atoms with van der Waals surface area (Å²) in [5, 5.41) is 0. The molecule has 0 saturated carbocycles. The van der Waals surface area contributed by atoms with Crippen LogP contribution >= 0.6 is 39.1 Å². The normalized spacial score (nSPS) is 11.8. The minimum atomic E-state index is -0.0734. The molecule has 0 aliphatic carbocycles. The van der Waals surface area contributed by atoms with Gasteiger partial charge in [0.1, 0.15) is 0 Å². The number of alkyl halides is 2. The Hall–Kier alpha value is 0.280. The molecule has 0 fully saturated rings. The third-order valence-electron chi connectivity index (χ3n) is 3.73. The lowest BCUT2D eigenvalue weighted by atomic mass is 9.79. The summed E-state index contributed by atoms with van der Waals surface area (Å²) in [6.07, 6.45) is 7.48. The summed E-state index contributed by atoms with van der Waals surface area (Å²) in [7, 11) is 0. The highest BCUT2D eigenvalue weighted by Crippen LogP contribution is 2.34. The van der Waals surface area contributed by atoms with Crippen LogP contribution in [0.25, 0.3) is 0 Å². The number of halogens is 3. The van der Waals surface area contributed by atoms with E-state index in [9.17, 15) is 0 Å². The molecule has 1 aromatic rings. The first-order valence-electron chi connectivity index (χ1n) is 7.06. The zero-order valence-electron chi connectivity index (χ0n) is 11.6. The molecule has 0 heterocycles. The van der Waals surface area contributed by atoms with E-state index in [0.29, 0.717) is 11.8 Å². The van der Waals surface area contributed by atoms with Gasteiger partial charge in [-0.2, -0.15) is 0 Å². The summed E-state index contributed by atoms with van der Waals surface area (Å²) in [6.45, 7) is 2.24. The van der Waals surface area contributed by atoms with Crippen LogP contribution in [0.15, 0.2) is 28.7 Å². The summed E-state index contributed by atoms with van der Waals surface area (Å²) < 4.78 is 1.09. The molecule has 0 atom stereocenters. The Labute approximate surface area is 136 Å². The fourth-order valence-electron chi connectivity index (χ4n) is 2.34. The second-order valence-corrected chi connectivity index (χ2v) is 6.67. The lowest BCUT2D eigenvalue weighted by Crippen LogP contribution is -2.30. The number of hydrogen-bond acceptors (Lipinski definition) is 0. The van der Waals surface area contributed by atoms with E-state index >= 15 is 0 Å². The Kier molecular flexibility index (Phi) is 8.45. The molecule has 1 rings (SSSR count). The third kappa shape index (κ3) is 5.28. The molecule has 19 heavy (non-hydrogen) atoms. The topological polar surface area (TPSA) is 0 Å². The van der Waals surface area contributed by atoms with Gasteiger partial charge in [-0.1, -0.05) is 67.1 Å². The molecular weight excluding hydrogens is 343 g/mol. The van der Waals surface area contributed by atoms with Crippen LogP contribution in [0.2, 0.25) is 0 Å². The molecule has 0 bridgehead atoms. The van der Waals surface area contributed by atoms with Crippen LogP contribution in [0.5, 0.6) is 0 Å². The van der Waals surface area contributed by atoms with Crippen molar-refractivity contribution in [3.05, 3.63) is 34.3 Å². The molecule has 0 aliphatic rings. The van der Waals surface area contributed by atoms with Gasteiger partial charge in [0.25, 0.3) is 0 Å². The molecule has 0 aliphatic heterocycles. The molecule has 0 radical (unpaired) electrons. The zero-order valence-corrected chi connectivity index (χ0v) is 14.7. The number of hydrogen-bond donors (Lipinski definition) is 0. The van der Waals surface area contributed by atoms with Crippen molar-refractivity contribution in [1.82, 2.24) is 0 Å². The first kappa shape index (κ1) is 17.3. The van der Waals surface area contributed by atoms with Gasteiger partial charge < -0.3 is 0 Å². The second-order valence-electron chi connectivity index (χ2n) is 5.22. The molecule has 0 aromatic heterocycles. The lowest BCUT2D eigenvalue weighted by Gasteiger charge is -2.30. The van der Waals surface area contributed by atoms with Crippen molar-refractivity contribution in [2.24, 2.45) is 0 Å². The molecule has 0 unspecified atom stereocenters. The monoisotopic (exact) mass is 364 g/mol. The van der Waals surface area contributed by atoms with Crippen molar-refractivity contribution in [2.45, 2.75) is 50.9 Å². The van der Waals surface area contributed by atoms with Gasteiger partial charge in [0.15, 0.2) is 0 Å². The quantitative estimate of drug-likeness (QED) is 0.345. The van der Waals surface area contributed by atoms with Crippen LogP contribution in [-0.4, -0.2) is 11.8 Å². The molecule has 108 valence electrons. The van der Waals surface area contributed by atoms with Crippen molar-refractivity contribution < 1.29 is 0 Å². The molecule has 0 nitrogen and oxygen atoms in total.